The quantitative estimate of drug-likeness (QED) is 0.310. The lowest BCUT2D eigenvalue weighted by Gasteiger charge is -2.08. The first-order valence-corrected chi connectivity index (χ1v) is 3.80. The van der Waals surface area contributed by atoms with Crippen molar-refractivity contribution < 1.29 is 24.1 Å². The lowest BCUT2D eigenvalue weighted by molar-refractivity contribution is -0.276. The van der Waals surface area contributed by atoms with Crippen molar-refractivity contribution in [3.05, 3.63) is 12.2 Å². The normalized spacial score (nSPS) is 25.3. The SMILES string of the molecule is C=C1CC(=O)OC(C)COOC1=O. The van der Waals surface area contributed by atoms with Gasteiger partial charge in [-0.25, -0.2) is 4.79 Å². The topological polar surface area (TPSA) is 61.8 Å². The molecule has 0 spiro atoms. The molecule has 72 valence electrons. The first kappa shape index (κ1) is 9.73. The minimum absolute atomic E-state index is 0.0269. The van der Waals surface area contributed by atoms with Gasteiger partial charge in [0.15, 0.2) is 0 Å². The molecular weight excluding hydrogens is 176 g/mol. The molecule has 1 saturated heterocycles. The Morgan fingerprint density at radius 2 is 2.15 bits per heavy atom. The number of carbonyl (C=O) groups is 2. The second kappa shape index (κ2) is 4.04. The molecule has 1 fully saturated rings. The van der Waals surface area contributed by atoms with Crippen molar-refractivity contribution in [1.82, 2.24) is 0 Å². The predicted octanol–water partition coefficient (Wildman–Crippen LogP) is 0.353. The van der Waals surface area contributed by atoms with Gasteiger partial charge in [0.05, 0.1) is 6.42 Å². The molecule has 13 heavy (non-hydrogen) atoms. The molecule has 0 bridgehead atoms. The number of ether oxygens (including phenoxy) is 1. The minimum Gasteiger partial charge on any atom is -0.460 e. The molecule has 0 aromatic heterocycles. The summed E-state index contributed by atoms with van der Waals surface area (Å²) < 4.78 is 4.83. The molecule has 1 aliphatic rings. The van der Waals surface area contributed by atoms with E-state index >= 15 is 0 Å². The first-order valence-electron chi connectivity index (χ1n) is 3.80. The summed E-state index contributed by atoms with van der Waals surface area (Å²) in [4.78, 5) is 30.8. The highest BCUT2D eigenvalue weighted by molar-refractivity contribution is 5.92. The van der Waals surface area contributed by atoms with Gasteiger partial charge in [0, 0.05) is 5.57 Å². The minimum atomic E-state index is -0.731. The third-order valence-electron chi connectivity index (χ3n) is 1.42. The molecule has 1 atom stereocenters. The molecule has 1 rings (SSSR count). The maximum absolute atomic E-state index is 11.0. The Bertz CT molecular complexity index is 245. The number of hydrogen-bond acceptors (Lipinski definition) is 5. The first-order chi connectivity index (χ1) is 6.09. The molecule has 5 nitrogen and oxygen atoms in total. The highest BCUT2D eigenvalue weighted by Gasteiger charge is 2.20. The Balaban J connectivity index is 2.64. The van der Waals surface area contributed by atoms with Crippen LogP contribution in [0.15, 0.2) is 12.2 Å². The summed E-state index contributed by atoms with van der Waals surface area (Å²) in [6.07, 6.45) is -0.585. The molecule has 0 N–H and O–H groups in total. The summed E-state index contributed by atoms with van der Waals surface area (Å²) in [5.41, 5.74) is 0.0269. The zero-order valence-electron chi connectivity index (χ0n) is 7.24. The van der Waals surface area contributed by atoms with E-state index in [0.29, 0.717) is 0 Å². The van der Waals surface area contributed by atoms with Crippen LogP contribution in [0.4, 0.5) is 0 Å². The number of esters is 1. The summed E-state index contributed by atoms with van der Waals surface area (Å²) in [5.74, 6) is -1.23. The maximum atomic E-state index is 11.0. The van der Waals surface area contributed by atoms with Gasteiger partial charge < -0.3 is 4.74 Å². The highest BCUT2D eigenvalue weighted by Crippen LogP contribution is 2.08. The van der Waals surface area contributed by atoms with Gasteiger partial charge in [0.1, 0.15) is 12.7 Å². The summed E-state index contributed by atoms with van der Waals surface area (Å²) in [7, 11) is 0. The van der Waals surface area contributed by atoms with Crippen molar-refractivity contribution in [1.29, 1.82) is 0 Å². The molecule has 1 aliphatic heterocycles. The van der Waals surface area contributed by atoms with E-state index in [9.17, 15) is 9.59 Å². The van der Waals surface area contributed by atoms with Gasteiger partial charge in [-0.1, -0.05) is 6.58 Å². The van der Waals surface area contributed by atoms with Crippen LogP contribution in [0.3, 0.4) is 0 Å². The fourth-order valence-electron chi connectivity index (χ4n) is 0.789. The van der Waals surface area contributed by atoms with E-state index in [1.165, 1.54) is 0 Å². The number of hydrogen-bond donors (Lipinski definition) is 0. The van der Waals surface area contributed by atoms with Crippen molar-refractivity contribution in [2.24, 2.45) is 0 Å². The maximum Gasteiger partial charge on any atom is 0.369 e. The van der Waals surface area contributed by atoms with Gasteiger partial charge in [-0.2, -0.15) is 4.89 Å². The fraction of sp³-hybridized carbons (Fsp3) is 0.500. The van der Waals surface area contributed by atoms with Crippen LogP contribution in [0.2, 0.25) is 0 Å². The molecule has 0 saturated carbocycles. The van der Waals surface area contributed by atoms with Crippen LogP contribution in [0.25, 0.3) is 0 Å². The third kappa shape index (κ3) is 2.87. The second-order valence-corrected chi connectivity index (χ2v) is 2.74. The fourth-order valence-corrected chi connectivity index (χ4v) is 0.789. The van der Waals surface area contributed by atoms with E-state index in [-0.39, 0.29) is 18.6 Å². The van der Waals surface area contributed by atoms with Gasteiger partial charge in [-0.3, -0.25) is 9.68 Å². The number of rotatable bonds is 0. The molecular formula is C8H10O5. The number of cyclic esters (lactones) is 1. The van der Waals surface area contributed by atoms with Crippen LogP contribution in [-0.2, 0) is 24.1 Å². The lowest BCUT2D eigenvalue weighted by Crippen LogP contribution is -2.18. The molecule has 5 heteroatoms. The average Bonchev–Trinajstić information content (AvgIpc) is 2.06. The summed E-state index contributed by atoms with van der Waals surface area (Å²) >= 11 is 0. The Morgan fingerprint density at radius 1 is 1.46 bits per heavy atom. The van der Waals surface area contributed by atoms with Gasteiger partial charge in [-0.15, -0.1) is 0 Å². The molecule has 0 radical (unpaired) electrons. The lowest BCUT2D eigenvalue weighted by atomic mass is 10.2. The van der Waals surface area contributed by atoms with Gasteiger partial charge in [-0.05, 0) is 6.92 Å². The smallest absolute Gasteiger partial charge is 0.369 e. The summed E-state index contributed by atoms with van der Waals surface area (Å²) in [6, 6.07) is 0. The molecule has 1 heterocycles. The number of carbonyl (C=O) groups excluding carboxylic acids is 2. The summed E-state index contributed by atoms with van der Waals surface area (Å²) in [6.45, 7) is 5.03. The van der Waals surface area contributed by atoms with E-state index in [4.69, 9.17) is 4.74 Å². The summed E-state index contributed by atoms with van der Waals surface area (Å²) in [5, 5.41) is 0. The van der Waals surface area contributed by atoms with Crippen molar-refractivity contribution >= 4 is 11.9 Å². The van der Waals surface area contributed by atoms with Crippen LogP contribution < -0.4 is 0 Å². The highest BCUT2D eigenvalue weighted by atomic mass is 17.2. The molecule has 0 aromatic carbocycles. The molecule has 0 amide bonds. The molecule has 0 aliphatic carbocycles. The standard InChI is InChI=1S/C8H10O5/c1-5-3-7(9)12-6(2)4-11-13-8(5)10/h6H,1,3-4H2,2H3. The van der Waals surface area contributed by atoms with Crippen molar-refractivity contribution in [3.8, 4) is 0 Å². The Hall–Kier alpha value is -1.36. The second-order valence-electron chi connectivity index (χ2n) is 2.74. The third-order valence-corrected chi connectivity index (χ3v) is 1.42. The monoisotopic (exact) mass is 186 g/mol. The zero-order chi connectivity index (χ0) is 9.84. The van der Waals surface area contributed by atoms with E-state index in [2.05, 4.69) is 16.4 Å². The Labute approximate surface area is 75.2 Å². The van der Waals surface area contributed by atoms with Crippen LogP contribution in [0.1, 0.15) is 13.3 Å². The van der Waals surface area contributed by atoms with Gasteiger partial charge >= 0.3 is 11.9 Å². The van der Waals surface area contributed by atoms with Crippen molar-refractivity contribution in [2.75, 3.05) is 6.61 Å². The van der Waals surface area contributed by atoms with E-state index in [1.54, 1.807) is 6.92 Å². The van der Waals surface area contributed by atoms with Gasteiger partial charge in [0.2, 0.25) is 0 Å². The zero-order valence-corrected chi connectivity index (χ0v) is 7.24. The van der Waals surface area contributed by atoms with Crippen LogP contribution in [0, 0.1) is 0 Å². The Kier molecular flexibility index (Phi) is 3.02. The van der Waals surface area contributed by atoms with Crippen LogP contribution in [0.5, 0.6) is 0 Å². The molecule has 0 aromatic rings. The van der Waals surface area contributed by atoms with Crippen LogP contribution in [-0.4, -0.2) is 24.6 Å². The van der Waals surface area contributed by atoms with Crippen molar-refractivity contribution in [2.45, 2.75) is 19.4 Å². The van der Waals surface area contributed by atoms with Crippen molar-refractivity contribution in [3.63, 3.8) is 0 Å². The largest absolute Gasteiger partial charge is 0.460 e. The Morgan fingerprint density at radius 3 is 2.85 bits per heavy atom. The van der Waals surface area contributed by atoms with E-state index in [1.807, 2.05) is 0 Å². The van der Waals surface area contributed by atoms with E-state index in [0.717, 1.165) is 0 Å². The predicted molar refractivity (Wildman–Crippen MR) is 41.4 cm³/mol. The van der Waals surface area contributed by atoms with E-state index < -0.39 is 18.0 Å². The van der Waals surface area contributed by atoms with Gasteiger partial charge in [0.25, 0.3) is 0 Å². The average molecular weight is 186 g/mol. The van der Waals surface area contributed by atoms with Crippen LogP contribution >= 0.6 is 0 Å². The molecule has 1 unspecified atom stereocenters.